The summed E-state index contributed by atoms with van der Waals surface area (Å²) in [7, 11) is 4.91. The Morgan fingerprint density at radius 3 is 2.58 bits per heavy atom. The van der Waals surface area contributed by atoms with E-state index in [1.165, 1.54) is 12.0 Å². The molecule has 0 fully saturated rings. The van der Waals surface area contributed by atoms with Crippen LogP contribution in [0.5, 0.6) is 0 Å². The molecule has 0 aliphatic heterocycles. The molecule has 1 amide bonds. The van der Waals surface area contributed by atoms with Gasteiger partial charge in [0.15, 0.2) is 0 Å². The van der Waals surface area contributed by atoms with Crippen molar-refractivity contribution in [1.29, 1.82) is 0 Å². The average molecular weight is 303 g/mol. The smallest absolute Gasteiger partial charge is 0.225 e. The number of benzene rings is 1. The van der Waals surface area contributed by atoms with Crippen molar-refractivity contribution in [2.24, 2.45) is 0 Å². The highest BCUT2D eigenvalue weighted by molar-refractivity contribution is 6.42. The fourth-order valence-corrected chi connectivity index (χ4v) is 1.66. The Bertz CT molecular complexity index is 488. The van der Waals surface area contributed by atoms with Gasteiger partial charge in [-0.25, -0.2) is 0 Å². The van der Waals surface area contributed by atoms with Crippen LogP contribution >= 0.6 is 23.2 Å². The van der Waals surface area contributed by atoms with Crippen molar-refractivity contribution in [2.75, 3.05) is 21.2 Å². The van der Waals surface area contributed by atoms with Crippen LogP contribution in [0.3, 0.4) is 0 Å². The van der Waals surface area contributed by atoms with Gasteiger partial charge in [0.1, 0.15) is 0 Å². The van der Waals surface area contributed by atoms with Crippen LogP contribution in [0.25, 0.3) is 5.70 Å². The Balaban J connectivity index is 2.96. The molecule has 0 aliphatic rings. The van der Waals surface area contributed by atoms with Crippen LogP contribution in [0, 0.1) is 0 Å². The summed E-state index contributed by atoms with van der Waals surface area (Å²) in [6.45, 7) is 0. The maximum atomic E-state index is 11.6. The van der Waals surface area contributed by atoms with E-state index in [0.717, 1.165) is 5.56 Å². The van der Waals surface area contributed by atoms with Gasteiger partial charge in [-0.15, -0.1) is 0 Å². The average Bonchev–Trinajstić information content (AvgIpc) is 2.37. The third-order valence-corrected chi connectivity index (χ3v) is 3.16. The maximum absolute atomic E-state index is 11.6. The molecule has 0 aromatic heterocycles. The molecule has 0 heterocycles. The molecule has 1 N–H and O–H groups in total. The van der Waals surface area contributed by atoms with E-state index in [1.54, 1.807) is 38.4 Å². The first-order valence-electron chi connectivity index (χ1n) is 5.60. The van der Waals surface area contributed by atoms with Gasteiger partial charge in [0.2, 0.25) is 5.91 Å². The van der Waals surface area contributed by atoms with Gasteiger partial charge in [-0.05, 0) is 18.2 Å². The van der Waals surface area contributed by atoms with E-state index in [1.807, 2.05) is 0 Å². The van der Waals surface area contributed by atoms with Crippen LogP contribution in [-0.2, 0) is 9.63 Å². The number of hydrogen-bond acceptors (Lipinski definition) is 3. The minimum atomic E-state index is -0.00420. The zero-order valence-electron chi connectivity index (χ0n) is 11.0. The number of hydrogen-bond donors (Lipinski definition) is 1. The topological polar surface area (TPSA) is 41.6 Å². The lowest BCUT2D eigenvalue weighted by Crippen LogP contribution is -2.21. The highest BCUT2D eigenvalue weighted by Gasteiger charge is 2.07. The molecule has 1 aromatic rings. The van der Waals surface area contributed by atoms with Crippen molar-refractivity contribution in [3.63, 3.8) is 0 Å². The quantitative estimate of drug-likeness (QED) is 0.850. The summed E-state index contributed by atoms with van der Waals surface area (Å²) in [5.74, 6) is -0.00420. The zero-order valence-corrected chi connectivity index (χ0v) is 12.5. The molecular formula is C13H16Cl2N2O2. The normalized spacial score (nSPS) is 11.3. The molecule has 0 spiro atoms. The van der Waals surface area contributed by atoms with Gasteiger partial charge in [0, 0.05) is 26.1 Å². The molecule has 1 aromatic carbocycles. The molecule has 0 unspecified atom stereocenters. The minimum absolute atomic E-state index is 0.00420. The molecule has 0 atom stereocenters. The van der Waals surface area contributed by atoms with Crippen LogP contribution in [0.15, 0.2) is 24.3 Å². The number of carbonyl (C=O) groups excluding carboxylic acids is 1. The molecule has 0 saturated carbocycles. The molecule has 0 bridgehead atoms. The van der Waals surface area contributed by atoms with Gasteiger partial charge in [-0.1, -0.05) is 29.3 Å². The van der Waals surface area contributed by atoms with Crippen molar-refractivity contribution in [1.82, 2.24) is 10.4 Å². The molecule has 0 saturated heterocycles. The Hall–Kier alpha value is -1.23. The van der Waals surface area contributed by atoms with Gasteiger partial charge < -0.3 is 4.90 Å². The summed E-state index contributed by atoms with van der Waals surface area (Å²) >= 11 is 11.8. The van der Waals surface area contributed by atoms with Gasteiger partial charge in [-0.3, -0.25) is 15.1 Å². The van der Waals surface area contributed by atoms with Crippen LogP contribution in [-0.4, -0.2) is 32.0 Å². The number of halogens is 2. The Kier molecular flexibility index (Phi) is 6.15. The van der Waals surface area contributed by atoms with Gasteiger partial charge in [0.05, 0.1) is 22.9 Å². The monoisotopic (exact) mass is 302 g/mol. The third kappa shape index (κ3) is 4.74. The standard InChI is InChI=1S/C13H16Cl2N2O2/c1-17(2)13(18)7-6-12(16-19-3)9-4-5-10(14)11(15)8-9/h4-6,8,16H,7H2,1-3H3. The van der Waals surface area contributed by atoms with E-state index in [2.05, 4.69) is 5.48 Å². The second-order valence-corrected chi connectivity index (χ2v) is 4.86. The van der Waals surface area contributed by atoms with E-state index in [-0.39, 0.29) is 12.3 Å². The Morgan fingerprint density at radius 2 is 2.05 bits per heavy atom. The molecular weight excluding hydrogens is 287 g/mol. The number of nitrogens with zero attached hydrogens (tertiary/aromatic N) is 1. The van der Waals surface area contributed by atoms with Crippen molar-refractivity contribution >= 4 is 34.8 Å². The SMILES string of the molecule is CONC(=CCC(=O)N(C)C)c1ccc(Cl)c(Cl)c1. The summed E-state index contributed by atoms with van der Waals surface area (Å²) in [6.07, 6.45) is 2.00. The predicted octanol–water partition coefficient (Wildman–Crippen LogP) is 2.96. The summed E-state index contributed by atoms with van der Waals surface area (Å²) in [5, 5.41) is 0.924. The number of nitrogens with one attached hydrogen (secondary N) is 1. The highest BCUT2D eigenvalue weighted by atomic mass is 35.5. The van der Waals surface area contributed by atoms with Crippen LogP contribution in [0.1, 0.15) is 12.0 Å². The first kappa shape index (κ1) is 15.8. The fraction of sp³-hybridized carbons (Fsp3) is 0.308. The lowest BCUT2D eigenvalue weighted by atomic mass is 10.1. The van der Waals surface area contributed by atoms with E-state index >= 15 is 0 Å². The number of carbonyl (C=O) groups is 1. The second-order valence-electron chi connectivity index (χ2n) is 4.05. The van der Waals surface area contributed by atoms with E-state index in [4.69, 9.17) is 28.0 Å². The van der Waals surface area contributed by atoms with Crippen molar-refractivity contribution < 1.29 is 9.63 Å². The number of amides is 1. The van der Waals surface area contributed by atoms with Crippen LogP contribution < -0.4 is 5.48 Å². The highest BCUT2D eigenvalue weighted by Crippen LogP contribution is 2.25. The Morgan fingerprint density at radius 1 is 1.37 bits per heavy atom. The third-order valence-electron chi connectivity index (χ3n) is 2.42. The molecule has 1 rings (SSSR count). The van der Waals surface area contributed by atoms with Gasteiger partial charge in [-0.2, -0.15) is 0 Å². The fourth-order valence-electron chi connectivity index (χ4n) is 1.36. The van der Waals surface area contributed by atoms with Gasteiger partial charge >= 0.3 is 0 Å². The number of rotatable bonds is 5. The van der Waals surface area contributed by atoms with Crippen LogP contribution in [0.4, 0.5) is 0 Å². The molecule has 19 heavy (non-hydrogen) atoms. The lowest BCUT2D eigenvalue weighted by molar-refractivity contribution is -0.127. The maximum Gasteiger partial charge on any atom is 0.225 e. The van der Waals surface area contributed by atoms with Crippen molar-refractivity contribution in [3.05, 3.63) is 39.9 Å². The summed E-state index contributed by atoms with van der Waals surface area (Å²) in [4.78, 5) is 18.0. The molecule has 104 valence electrons. The summed E-state index contributed by atoms with van der Waals surface area (Å²) in [6, 6.07) is 5.20. The largest absolute Gasteiger partial charge is 0.349 e. The van der Waals surface area contributed by atoms with Gasteiger partial charge in [0.25, 0.3) is 0 Å². The molecule has 0 radical (unpaired) electrons. The van der Waals surface area contributed by atoms with E-state index in [0.29, 0.717) is 15.7 Å². The van der Waals surface area contributed by atoms with E-state index < -0.39 is 0 Å². The number of hydroxylamine groups is 1. The molecule has 6 heteroatoms. The lowest BCUT2D eigenvalue weighted by Gasteiger charge is -2.12. The molecule has 0 aliphatic carbocycles. The second kappa shape index (κ2) is 7.38. The zero-order chi connectivity index (χ0) is 14.4. The first-order chi connectivity index (χ1) is 8.95. The summed E-state index contributed by atoms with van der Waals surface area (Å²) < 4.78 is 0. The predicted molar refractivity (Wildman–Crippen MR) is 77.9 cm³/mol. The van der Waals surface area contributed by atoms with E-state index in [9.17, 15) is 4.79 Å². The van der Waals surface area contributed by atoms with Crippen molar-refractivity contribution in [3.8, 4) is 0 Å². The molecule has 4 nitrogen and oxygen atoms in total. The summed E-state index contributed by atoms with van der Waals surface area (Å²) in [5.41, 5.74) is 4.19. The first-order valence-corrected chi connectivity index (χ1v) is 6.36. The Labute approximate surface area is 122 Å². The van der Waals surface area contributed by atoms with Crippen molar-refractivity contribution in [2.45, 2.75) is 6.42 Å². The minimum Gasteiger partial charge on any atom is -0.349 e. The van der Waals surface area contributed by atoms with Crippen LogP contribution in [0.2, 0.25) is 10.0 Å².